The van der Waals surface area contributed by atoms with Crippen LogP contribution in [-0.2, 0) is 4.79 Å². The molecular formula is C12H24N2O3. The maximum atomic E-state index is 10.9. The lowest BCUT2D eigenvalue weighted by atomic mass is 10.0. The van der Waals surface area contributed by atoms with Gasteiger partial charge in [-0.05, 0) is 40.2 Å². The SMILES string of the molecule is CC(C)N(CC1CCCN1)CC(C)(O)C(=O)O. The molecule has 0 aromatic rings. The van der Waals surface area contributed by atoms with E-state index < -0.39 is 11.6 Å². The van der Waals surface area contributed by atoms with Crippen molar-refractivity contribution in [2.24, 2.45) is 0 Å². The Bertz CT molecular complexity index is 260. The summed E-state index contributed by atoms with van der Waals surface area (Å²) >= 11 is 0. The molecule has 0 bridgehead atoms. The Morgan fingerprint density at radius 3 is 2.65 bits per heavy atom. The van der Waals surface area contributed by atoms with Gasteiger partial charge >= 0.3 is 5.97 Å². The first kappa shape index (κ1) is 14.4. The van der Waals surface area contributed by atoms with Crippen LogP contribution in [0.2, 0.25) is 0 Å². The Morgan fingerprint density at radius 1 is 1.59 bits per heavy atom. The summed E-state index contributed by atoms with van der Waals surface area (Å²) in [6.45, 7) is 7.39. The average molecular weight is 244 g/mol. The summed E-state index contributed by atoms with van der Waals surface area (Å²) < 4.78 is 0. The third-order valence-electron chi connectivity index (χ3n) is 3.32. The van der Waals surface area contributed by atoms with Gasteiger partial charge in [-0.2, -0.15) is 0 Å². The number of hydrogen-bond acceptors (Lipinski definition) is 4. The molecule has 1 rings (SSSR count). The smallest absolute Gasteiger partial charge is 0.336 e. The van der Waals surface area contributed by atoms with Crippen LogP contribution >= 0.6 is 0 Å². The van der Waals surface area contributed by atoms with E-state index in [-0.39, 0.29) is 12.6 Å². The molecule has 0 saturated carbocycles. The van der Waals surface area contributed by atoms with Gasteiger partial charge in [-0.25, -0.2) is 4.79 Å². The molecule has 5 nitrogen and oxygen atoms in total. The molecular weight excluding hydrogens is 220 g/mol. The van der Waals surface area contributed by atoms with Gasteiger partial charge in [0.1, 0.15) is 0 Å². The van der Waals surface area contributed by atoms with Crippen molar-refractivity contribution in [2.75, 3.05) is 19.6 Å². The summed E-state index contributed by atoms with van der Waals surface area (Å²) in [6, 6.07) is 0.644. The normalized spacial score (nSPS) is 24.2. The minimum Gasteiger partial charge on any atom is -0.479 e. The first-order valence-electron chi connectivity index (χ1n) is 6.26. The van der Waals surface area contributed by atoms with Crippen LogP contribution in [0.5, 0.6) is 0 Å². The molecule has 0 aromatic carbocycles. The van der Waals surface area contributed by atoms with Crippen molar-refractivity contribution in [1.82, 2.24) is 10.2 Å². The van der Waals surface area contributed by atoms with E-state index in [4.69, 9.17) is 5.11 Å². The molecule has 3 N–H and O–H groups in total. The summed E-state index contributed by atoms with van der Waals surface area (Å²) in [5.41, 5.74) is -1.68. The Hall–Kier alpha value is -0.650. The number of carboxylic acids is 1. The van der Waals surface area contributed by atoms with Gasteiger partial charge < -0.3 is 15.5 Å². The van der Waals surface area contributed by atoms with E-state index in [2.05, 4.69) is 5.32 Å². The van der Waals surface area contributed by atoms with Gasteiger partial charge in [0, 0.05) is 25.2 Å². The summed E-state index contributed by atoms with van der Waals surface area (Å²) in [5.74, 6) is -1.16. The number of rotatable bonds is 6. The standard InChI is InChI=1S/C12H24N2O3/c1-9(2)14(7-10-5-4-6-13-10)8-12(3,17)11(15)16/h9-10,13,17H,4-8H2,1-3H3,(H,15,16). The van der Waals surface area contributed by atoms with Crippen LogP contribution in [-0.4, -0.2) is 58.4 Å². The zero-order valence-electron chi connectivity index (χ0n) is 10.9. The fourth-order valence-corrected chi connectivity index (χ4v) is 2.12. The van der Waals surface area contributed by atoms with Crippen molar-refractivity contribution >= 4 is 5.97 Å². The van der Waals surface area contributed by atoms with Crippen LogP contribution in [0.25, 0.3) is 0 Å². The van der Waals surface area contributed by atoms with Crippen molar-refractivity contribution in [1.29, 1.82) is 0 Å². The number of hydrogen-bond donors (Lipinski definition) is 3. The van der Waals surface area contributed by atoms with Gasteiger partial charge in [-0.3, -0.25) is 4.90 Å². The Balaban J connectivity index is 2.56. The highest BCUT2D eigenvalue weighted by Crippen LogP contribution is 2.13. The number of nitrogens with one attached hydrogen (secondary N) is 1. The van der Waals surface area contributed by atoms with Crippen molar-refractivity contribution < 1.29 is 15.0 Å². The number of carbonyl (C=O) groups is 1. The molecule has 1 heterocycles. The van der Waals surface area contributed by atoms with Crippen LogP contribution in [0.15, 0.2) is 0 Å². The van der Waals surface area contributed by atoms with Gasteiger partial charge in [0.15, 0.2) is 5.60 Å². The number of carboxylic acid groups (broad SMARTS) is 1. The third-order valence-corrected chi connectivity index (χ3v) is 3.32. The van der Waals surface area contributed by atoms with Gasteiger partial charge in [-0.15, -0.1) is 0 Å². The minimum atomic E-state index is -1.68. The number of aliphatic carboxylic acids is 1. The van der Waals surface area contributed by atoms with Crippen LogP contribution in [0.3, 0.4) is 0 Å². The van der Waals surface area contributed by atoms with Crippen molar-refractivity contribution in [3.63, 3.8) is 0 Å². The Labute approximate surface area is 103 Å². The zero-order valence-corrected chi connectivity index (χ0v) is 10.9. The van der Waals surface area contributed by atoms with Crippen LogP contribution in [0, 0.1) is 0 Å². The van der Waals surface area contributed by atoms with E-state index in [0.717, 1.165) is 19.5 Å². The highest BCUT2D eigenvalue weighted by atomic mass is 16.4. The molecule has 0 spiro atoms. The predicted octanol–water partition coefficient (Wildman–Crippen LogP) is 0.284. The highest BCUT2D eigenvalue weighted by Gasteiger charge is 2.34. The first-order chi connectivity index (χ1) is 7.83. The molecule has 0 aromatic heterocycles. The van der Waals surface area contributed by atoms with Crippen LogP contribution in [0.4, 0.5) is 0 Å². The molecule has 0 amide bonds. The number of aliphatic hydroxyl groups is 1. The van der Waals surface area contributed by atoms with Gasteiger partial charge in [0.2, 0.25) is 0 Å². The number of nitrogens with zero attached hydrogens (tertiary/aromatic N) is 1. The van der Waals surface area contributed by atoms with Crippen molar-refractivity contribution in [3.05, 3.63) is 0 Å². The second-order valence-corrected chi connectivity index (χ2v) is 5.40. The van der Waals surface area contributed by atoms with Gasteiger partial charge in [0.25, 0.3) is 0 Å². The van der Waals surface area contributed by atoms with E-state index >= 15 is 0 Å². The lowest BCUT2D eigenvalue weighted by molar-refractivity contribution is -0.159. The summed E-state index contributed by atoms with van der Waals surface area (Å²) in [4.78, 5) is 12.9. The van der Waals surface area contributed by atoms with Crippen LogP contribution in [0.1, 0.15) is 33.6 Å². The second kappa shape index (κ2) is 5.80. The molecule has 5 heteroatoms. The fourth-order valence-electron chi connectivity index (χ4n) is 2.12. The predicted molar refractivity (Wildman–Crippen MR) is 66.0 cm³/mol. The average Bonchev–Trinajstić information content (AvgIpc) is 2.68. The molecule has 1 saturated heterocycles. The van der Waals surface area contributed by atoms with E-state index in [0.29, 0.717) is 6.04 Å². The van der Waals surface area contributed by atoms with E-state index in [9.17, 15) is 9.90 Å². The summed E-state index contributed by atoms with van der Waals surface area (Å²) in [5, 5.41) is 22.2. The maximum Gasteiger partial charge on any atom is 0.336 e. The molecule has 2 atom stereocenters. The van der Waals surface area contributed by atoms with Crippen LogP contribution < -0.4 is 5.32 Å². The Morgan fingerprint density at radius 2 is 2.24 bits per heavy atom. The molecule has 1 aliphatic rings. The monoisotopic (exact) mass is 244 g/mol. The highest BCUT2D eigenvalue weighted by molar-refractivity contribution is 5.76. The molecule has 2 unspecified atom stereocenters. The molecule has 17 heavy (non-hydrogen) atoms. The second-order valence-electron chi connectivity index (χ2n) is 5.40. The quantitative estimate of drug-likeness (QED) is 0.626. The molecule has 0 aliphatic carbocycles. The van der Waals surface area contributed by atoms with Crippen molar-refractivity contribution in [2.45, 2.75) is 51.3 Å². The van der Waals surface area contributed by atoms with E-state index in [1.54, 1.807) is 0 Å². The molecule has 100 valence electrons. The Kier molecular flexibility index (Phi) is 4.91. The summed E-state index contributed by atoms with van der Waals surface area (Å²) in [6.07, 6.45) is 2.30. The lowest BCUT2D eigenvalue weighted by Crippen LogP contribution is -2.51. The fraction of sp³-hybridized carbons (Fsp3) is 0.917. The van der Waals surface area contributed by atoms with Gasteiger partial charge in [-0.1, -0.05) is 0 Å². The maximum absolute atomic E-state index is 10.9. The van der Waals surface area contributed by atoms with E-state index in [1.165, 1.54) is 13.3 Å². The largest absolute Gasteiger partial charge is 0.479 e. The summed E-state index contributed by atoms with van der Waals surface area (Å²) in [7, 11) is 0. The molecule has 1 fully saturated rings. The van der Waals surface area contributed by atoms with Crippen molar-refractivity contribution in [3.8, 4) is 0 Å². The van der Waals surface area contributed by atoms with Gasteiger partial charge in [0.05, 0.1) is 0 Å². The third kappa shape index (κ3) is 4.26. The molecule has 0 radical (unpaired) electrons. The first-order valence-corrected chi connectivity index (χ1v) is 6.26. The molecule has 1 aliphatic heterocycles. The lowest BCUT2D eigenvalue weighted by Gasteiger charge is -2.33. The topological polar surface area (TPSA) is 72.8 Å². The van der Waals surface area contributed by atoms with E-state index in [1.807, 2.05) is 18.7 Å². The zero-order chi connectivity index (χ0) is 13.1. The minimum absolute atomic E-state index is 0.165.